The Morgan fingerprint density at radius 1 is 1.46 bits per heavy atom. The molecule has 1 aromatic heterocycles. The van der Waals surface area contributed by atoms with Crippen molar-refractivity contribution < 1.29 is 14.6 Å². The van der Waals surface area contributed by atoms with Crippen molar-refractivity contribution in [2.24, 2.45) is 5.92 Å². The fourth-order valence-corrected chi connectivity index (χ4v) is 3.33. The molecule has 1 aliphatic carbocycles. The van der Waals surface area contributed by atoms with Gasteiger partial charge in [0.25, 0.3) is 0 Å². The molecule has 1 aromatic rings. The van der Waals surface area contributed by atoms with Gasteiger partial charge in [-0.2, -0.15) is 0 Å². The van der Waals surface area contributed by atoms with E-state index in [9.17, 15) is 9.90 Å². The van der Waals surface area contributed by atoms with E-state index in [-0.39, 0.29) is 11.8 Å². The first-order valence-corrected chi connectivity index (χ1v) is 8.42. The number of nitrogens with one attached hydrogen (secondary N) is 1. The molecule has 1 amide bonds. The first-order valence-electron chi connectivity index (χ1n) is 8.42. The molecule has 6 nitrogen and oxygen atoms in total. The largest absolute Gasteiger partial charge is 0.444 e. The number of anilines is 1. The van der Waals surface area contributed by atoms with Crippen LogP contribution in [0.15, 0.2) is 18.5 Å². The first kappa shape index (κ1) is 18.5. The van der Waals surface area contributed by atoms with Crippen molar-refractivity contribution in [1.82, 2.24) is 10.3 Å². The predicted octanol–water partition coefficient (Wildman–Crippen LogP) is 2.82. The molecule has 2 rings (SSSR count). The van der Waals surface area contributed by atoms with Gasteiger partial charge in [-0.1, -0.05) is 6.92 Å². The van der Waals surface area contributed by atoms with Gasteiger partial charge in [0.05, 0.1) is 23.5 Å². The van der Waals surface area contributed by atoms with Gasteiger partial charge in [0.15, 0.2) is 0 Å². The normalized spacial score (nSPS) is 30.7. The molecule has 1 fully saturated rings. The maximum absolute atomic E-state index is 12.2. The molecule has 1 heterocycles. The molecular formula is C18H29N3O3. The zero-order valence-corrected chi connectivity index (χ0v) is 15.2. The Morgan fingerprint density at radius 3 is 2.71 bits per heavy atom. The number of nitrogens with zero attached hydrogens (tertiary/aromatic N) is 1. The highest BCUT2D eigenvalue weighted by atomic mass is 16.6. The van der Waals surface area contributed by atoms with Gasteiger partial charge in [0.1, 0.15) is 5.60 Å². The van der Waals surface area contributed by atoms with Crippen molar-refractivity contribution in [2.45, 2.75) is 70.6 Å². The summed E-state index contributed by atoms with van der Waals surface area (Å²) < 4.78 is 5.34. The van der Waals surface area contributed by atoms with Gasteiger partial charge < -0.3 is 20.9 Å². The molecule has 1 saturated carbocycles. The zero-order valence-electron chi connectivity index (χ0n) is 15.2. The van der Waals surface area contributed by atoms with Gasteiger partial charge in [-0.05, 0) is 64.0 Å². The molecule has 6 heteroatoms. The van der Waals surface area contributed by atoms with Crippen LogP contribution in [0.3, 0.4) is 0 Å². The summed E-state index contributed by atoms with van der Waals surface area (Å²) in [5.74, 6) is 0.159. The Bertz CT molecular complexity index is 595. The van der Waals surface area contributed by atoms with E-state index in [1.807, 2.05) is 33.8 Å². The highest BCUT2D eigenvalue weighted by Gasteiger charge is 2.45. The summed E-state index contributed by atoms with van der Waals surface area (Å²) in [7, 11) is 0. The average Bonchev–Trinajstić information content (AvgIpc) is 2.42. The van der Waals surface area contributed by atoms with Crippen LogP contribution in [0.5, 0.6) is 0 Å². The SMILES string of the molecule is CC1CC(c2ccncc2N)CC(NC(=O)OC(C)(C)C)C1(C)O. The minimum absolute atomic E-state index is 0.00347. The van der Waals surface area contributed by atoms with E-state index in [2.05, 4.69) is 10.3 Å². The minimum Gasteiger partial charge on any atom is -0.444 e. The summed E-state index contributed by atoms with van der Waals surface area (Å²) in [4.78, 5) is 16.2. The number of alkyl carbamates (subject to hydrolysis) is 1. The highest BCUT2D eigenvalue weighted by molar-refractivity contribution is 5.68. The summed E-state index contributed by atoms with van der Waals surface area (Å²) in [6.07, 6.45) is 4.25. The van der Waals surface area contributed by atoms with Gasteiger partial charge in [0, 0.05) is 6.20 Å². The van der Waals surface area contributed by atoms with Crippen molar-refractivity contribution in [2.75, 3.05) is 5.73 Å². The van der Waals surface area contributed by atoms with Crippen LogP contribution in [-0.2, 0) is 4.74 Å². The number of carbonyl (C=O) groups is 1. The molecule has 0 aromatic carbocycles. The molecule has 0 radical (unpaired) electrons. The lowest BCUT2D eigenvalue weighted by Gasteiger charge is -2.45. The molecule has 0 bridgehead atoms. The number of amides is 1. The highest BCUT2D eigenvalue weighted by Crippen LogP contribution is 2.43. The van der Waals surface area contributed by atoms with E-state index < -0.39 is 23.3 Å². The molecule has 4 N–H and O–H groups in total. The number of hydrogen-bond donors (Lipinski definition) is 3. The molecule has 1 aliphatic rings. The average molecular weight is 335 g/mol. The number of hydrogen-bond acceptors (Lipinski definition) is 5. The number of rotatable bonds is 2. The molecule has 134 valence electrons. The van der Waals surface area contributed by atoms with E-state index >= 15 is 0 Å². The van der Waals surface area contributed by atoms with E-state index in [1.54, 1.807) is 19.3 Å². The van der Waals surface area contributed by atoms with Crippen molar-refractivity contribution in [3.05, 3.63) is 24.0 Å². The zero-order chi connectivity index (χ0) is 18.1. The van der Waals surface area contributed by atoms with Gasteiger partial charge in [-0.15, -0.1) is 0 Å². The molecule has 0 aliphatic heterocycles. The van der Waals surface area contributed by atoms with E-state index in [0.717, 1.165) is 12.0 Å². The maximum atomic E-state index is 12.2. The van der Waals surface area contributed by atoms with Crippen molar-refractivity contribution in [1.29, 1.82) is 0 Å². The third-order valence-electron chi connectivity index (χ3n) is 4.88. The Kier molecular flexibility index (Phi) is 5.08. The molecular weight excluding hydrogens is 306 g/mol. The molecule has 4 unspecified atom stereocenters. The number of nitrogens with two attached hydrogens (primary N) is 1. The summed E-state index contributed by atoms with van der Waals surface area (Å²) in [6.45, 7) is 9.21. The van der Waals surface area contributed by atoms with Crippen LogP contribution in [0.25, 0.3) is 0 Å². The first-order chi connectivity index (χ1) is 11.0. The molecule has 0 spiro atoms. The van der Waals surface area contributed by atoms with Crippen molar-refractivity contribution in [3.63, 3.8) is 0 Å². The second kappa shape index (κ2) is 6.59. The third-order valence-corrected chi connectivity index (χ3v) is 4.88. The lowest BCUT2D eigenvalue weighted by Crippen LogP contribution is -2.58. The van der Waals surface area contributed by atoms with E-state index in [1.165, 1.54) is 0 Å². The lowest BCUT2D eigenvalue weighted by molar-refractivity contribution is -0.0597. The number of pyridine rings is 1. The Morgan fingerprint density at radius 2 is 2.12 bits per heavy atom. The molecule has 4 atom stereocenters. The smallest absolute Gasteiger partial charge is 0.407 e. The van der Waals surface area contributed by atoms with Gasteiger partial charge >= 0.3 is 6.09 Å². The standard InChI is InChI=1S/C18H29N3O3/c1-11-8-12(13-6-7-20-10-14(13)19)9-15(18(11,5)23)21-16(22)24-17(2,3)4/h6-7,10-12,15,23H,8-9,19H2,1-5H3,(H,21,22). The number of aromatic nitrogens is 1. The quantitative estimate of drug-likeness (QED) is 0.772. The number of ether oxygens (including phenoxy) is 1. The second-order valence-corrected chi connectivity index (χ2v) is 8.00. The van der Waals surface area contributed by atoms with Gasteiger partial charge in [-0.25, -0.2) is 4.79 Å². The van der Waals surface area contributed by atoms with E-state index in [0.29, 0.717) is 12.1 Å². The Labute approximate surface area is 143 Å². The summed E-state index contributed by atoms with van der Waals surface area (Å²) in [6, 6.07) is 1.51. The summed E-state index contributed by atoms with van der Waals surface area (Å²) in [5, 5.41) is 13.7. The van der Waals surface area contributed by atoms with Crippen LogP contribution in [0.2, 0.25) is 0 Å². The fraction of sp³-hybridized carbons (Fsp3) is 0.667. The van der Waals surface area contributed by atoms with Crippen LogP contribution < -0.4 is 11.1 Å². The predicted molar refractivity (Wildman–Crippen MR) is 93.6 cm³/mol. The summed E-state index contributed by atoms with van der Waals surface area (Å²) >= 11 is 0. The Hall–Kier alpha value is -1.82. The number of nitrogen functional groups attached to an aromatic ring is 1. The monoisotopic (exact) mass is 335 g/mol. The van der Waals surface area contributed by atoms with Crippen LogP contribution in [-0.4, -0.2) is 33.4 Å². The van der Waals surface area contributed by atoms with Crippen LogP contribution in [0, 0.1) is 5.92 Å². The molecule has 24 heavy (non-hydrogen) atoms. The number of aliphatic hydroxyl groups is 1. The maximum Gasteiger partial charge on any atom is 0.407 e. The van der Waals surface area contributed by atoms with E-state index in [4.69, 9.17) is 10.5 Å². The van der Waals surface area contributed by atoms with Crippen LogP contribution in [0.1, 0.15) is 58.9 Å². The van der Waals surface area contributed by atoms with Gasteiger partial charge in [0.2, 0.25) is 0 Å². The van der Waals surface area contributed by atoms with Crippen LogP contribution in [0.4, 0.5) is 10.5 Å². The second-order valence-electron chi connectivity index (χ2n) is 8.00. The third kappa shape index (κ3) is 4.17. The number of carbonyl (C=O) groups excluding carboxylic acids is 1. The van der Waals surface area contributed by atoms with Crippen LogP contribution >= 0.6 is 0 Å². The topological polar surface area (TPSA) is 97.5 Å². The van der Waals surface area contributed by atoms with Gasteiger partial charge in [-0.3, -0.25) is 4.98 Å². The Balaban J connectivity index is 2.18. The summed E-state index contributed by atoms with van der Waals surface area (Å²) in [5.41, 5.74) is 6.14. The molecule has 0 saturated heterocycles. The fourth-order valence-electron chi connectivity index (χ4n) is 3.33. The van der Waals surface area contributed by atoms with Crippen molar-refractivity contribution >= 4 is 11.8 Å². The lowest BCUT2D eigenvalue weighted by atomic mass is 9.67. The minimum atomic E-state index is -1.00. The van der Waals surface area contributed by atoms with Crippen molar-refractivity contribution in [3.8, 4) is 0 Å².